The molecule has 0 aliphatic carbocycles. The van der Waals surface area contributed by atoms with Gasteiger partial charge in [-0.3, -0.25) is 10.1 Å². The minimum atomic E-state index is -4.53. The molecule has 0 spiro atoms. The number of halogens is 3. The van der Waals surface area contributed by atoms with Gasteiger partial charge in [0, 0.05) is 11.4 Å². The number of rotatable bonds is 5. The number of aromatic nitrogens is 2. The molecule has 3 rings (SSSR count). The number of nitrogens with one attached hydrogen (secondary N) is 2. The summed E-state index contributed by atoms with van der Waals surface area (Å²) in [6, 6.07) is 11.4. The summed E-state index contributed by atoms with van der Waals surface area (Å²) in [5, 5.41) is 17.0. The van der Waals surface area contributed by atoms with Crippen LogP contribution in [-0.2, 0) is 6.18 Å². The van der Waals surface area contributed by atoms with E-state index in [0.717, 1.165) is 24.0 Å². The minimum Gasteiger partial charge on any atom is -0.334 e. The average Bonchev–Trinajstić information content (AvgIpc) is 2.63. The molecule has 7 nitrogen and oxygen atoms in total. The summed E-state index contributed by atoms with van der Waals surface area (Å²) < 4.78 is 38.7. The molecule has 2 aromatic carbocycles. The predicted molar refractivity (Wildman–Crippen MR) is 97.9 cm³/mol. The highest BCUT2D eigenvalue weighted by Gasteiger charge is 2.31. The lowest BCUT2D eigenvalue weighted by molar-refractivity contribution is -0.383. The molecule has 3 aromatic rings. The van der Waals surface area contributed by atoms with Gasteiger partial charge >= 0.3 is 11.9 Å². The number of para-hydroxylation sites is 1. The van der Waals surface area contributed by atoms with Crippen molar-refractivity contribution in [3.63, 3.8) is 0 Å². The molecule has 0 radical (unpaired) electrons. The largest absolute Gasteiger partial charge is 0.416 e. The van der Waals surface area contributed by atoms with Gasteiger partial charge in [0.2, 0.25) is 11.6 Å². The Labute approximate surface area is 157 Å². The highest BCUT2D eigenvalue weighted by atomic mass is 19.4. The van der Waals surface area contributed by atoms with E-state index in [0.29, 0.717) is 5.69 Å². The van der Waals surface area contributed by atoms with Crippen molar-refractivity contribution in [2.75, 3.05) is 10.6 Å². The van der Waals surface area contributed by atoms with Crippen molar-refractivity contribution in [2.24, 2.45) is 0 Å². The van der Waals surface area contributed by atoms with Gasteiger partial charge in [-0.15, -0.1) is 0 Å². The van der Waals surface area contributed by atoms with Gasteiger partial charge in [-0.2, -0.15) is 13.2 Å². The van der Waals surface area contributed by atoms with E-state index in [4.69, 9.17) is 0 Å². The van der Waals surface area contributed by atoms with E-state index in [1.165, 1.54) is 12.1 Å². The fourth-order valence-corrected chi connectivity index (χ4v) is 2.49. The summed E-state index contributed by atoms with van der Waals surface area (Å²) in [7, 11) is 0. The van der Waals surface area contributed by atoms with Crippen molar-refractivity contribution in [1.82, 2.24) is 9.97 Å². The molecule has 1 aromatic heterocycles. The second-order valence-electron chi connectivity index (χ2n) is 5.82. The van der Waals surface area contributed by atoms with Gasteiger partial charge < -0.3 is 10.6 Å². The Balaban J connectivity index is 1.98. The Hall–Kier alpha value is -3.69. The first kappa shape index (κ1) is 19.1. The Morgan fingerprint density at radius 1 is 1.00 bits per heavy atom. The number of nitro groups is 1. The number of hydrogen-bond acceptors (Lipinski definition) is 6. The summed E-state index contributed by atoms with van der Waals surface area (Å²) in [5.74, 6) is -0.306. The van der Waals surface area contributed by atoms with Crippen molar-refractivity contribution < 1.29 is 18.1 Å². The molecule has 1 heterocycles. The highest BCUT2D eigenvalue weighted by Crippen LogP contribution is 2.35. The van der Waals surface area contributed by atoms with Crippen LogP contribution < -0.4 is 10.6 Å². The Kier molecular flexibility index (Phi) is 5.12. The summed E-state index contributed by atoms with van der Waals surface area (Å²) in [4.78, 5) is 18.6. The van der Waals surface area contributed by atoms with Crippen LogP contribution in [0.25, 0.3) is 0 Å². The van der Waals surface area contributed by atoms with Crippen LogP contribution in [-0.4, -0.2) is 14.9 Å². The third kappa shape index (κ3) is 4.17. The molecular formula is C18H14F3N5O2. The quantitative estimate of drug-likeness (QED) is 0.460. The van der Waals surface area contributed by atoms with E-state index < -0.39 is 22.4 Å². The fourth-order valence-electron chi connectivity index (χ4n) is 2.49. The summed E-state index contributed by atoms with van der Waals surface area (Å²) in [5.41, 5.74) is 0.0891. The molecule has 0 saturated heterocycles. The van der Waals surface area contributed by atoms with E-state index in [1.54, 1.807) is 12.1 Å². The summed E-state index contributed by atoms with van der Waals surface area (Å²) in [6.45, 7) is 1.82. The van der Waals surface area contributed by atoms with Gasteiger partial charge in [0.1, 0.15) is 6.33 Å². The molecule has 0 aliphatic rings. The second kappa shape index (κ2) is 7.51. The molecule has 0 bridgehead atoms. The minimum absolute atomic E-state index is 0.0125. The molecule has 0 amide bonds. The van der Waals surface area contributed by atoms with Crippen LogP contribution in [0.15, 0.2) is 54.9 Å². The van der Waals surface area contributed by atoms with Crippen molar-refractivity contribution in [3.8, 4) is 0 Å². The fraction of sp³-hybridized carbons (Fsp3) is 0.111. The normalized spacial score (nSPS) is 11.1. The van der Waals surface area contributed by atoms with Crippen LogP contribution in [0.3, 0.4) is 0 Å². The zero-order chi connectivity index (χ0) is 20.3. The van der Waals surface area contributed by atoms with E-state index in [9.17, 15) is 23.3 Å². The molecule has 0 aliphatic heterocycles. The van der Waals surface area contributed by atoms with Crippen LogP contribution in [0, 0.1) is 17.0 Å². The maximum atomic E-state index is 12.9. The maximum absolute atomic E-state index is 12.9. The summed E-state index contributed by atoms with van der Waals surface area (Å²) in [6.07, 6.45) is -3.45. The molecule has 0 fully saturated rings. The van der Waals surface area contributed by atoms with Crippen LogP contribution >= 0.6 is 0 Å². The van der Waals surface area contributed by atoms with Crippen LogP contribution in [0.5, 0.6) is 0 Å². The Morgan fingerprint density at radius 2 is 1.68 bits per heavy atom. The molecule has 0 unspecified atom stereocenters. The first-order valence-corrected chi connectivity index (χ1v) is 8.02. The molecular weight excluding hydrogens is 375 g/mol. The smallest absolute Gasteiger partial charge is 0.334 e. The van der Waals surface area contributed by atoms with Crippen LogP contribution in [0.1, 0.15) is 11.1 Å². The number of alkyl halides is 3. The van der Waals surface area contributed by atoms with Crippen molar-refractivity contribution in [3.05, 3.63) is 76.1 Å². The lowest BCUT2D eigenvalue weighted by atomic mass is 10.2. The van der Waals surface area contributed by atoms with Gasteiger partial charge in [0.25, 0.3) is 0 Å². The highest BCUT2D eigenvalue weighted by molar-refractivity contribution is 5.77. The monoisotopic (exact) mass is 389 g/mol. The lowest BCUT2D eigenvalue weighted by Crippen LogP contribution is -2.07. The zero-order valence-corrected chi connectivity index (χ0v) is 14.5. The predicted octanol–water partition coefficient (Wildman–Crippen LogP) is 5.20. The van der Waals surface area contributed by atoms with E-state index in [2.05, 4.69) is 20.6 Å². The molecule has 0 saturated carbocycles. The molecule has 10 heteroatoms. The third-order valence-corrected chi connectivity index (χ3v) is 3.86. The Bertz CT molecular complexity index is 1020. The first-order chi connectivity index (χ1) is 13.3. The van der Waals surface area contributed by atoms with E-state index >= 15 is 0 Å². The summed E-state index contributed by atoms with van der Waals surface area (Å²) >= 11 is 0. The van der Waals surface area contributed by atoms with Gasteiger partial charge in [0.05, 0.1) is 10.5 Å². The molecule has 2 N–H and O–H groups in total. The maximum Gasteiger partial charge on any atom is 0.416 e. The zero-order valence-electron chi connectivity index (χ0n) is 14.5. The van der Waals surface area contributed by atoms with Crippen LogP contribution in [0.2, 0.25) is 0 Å². The number of nitrogens with zero attached hydrogens (tertiary/aromatic N) is 3. The lowest BCUT2D eigenvalue weighted by Gasteiger charge is -2.12. The standard InChI is InChI=1S/C18H14F3N5O2/c1-11-5-2-3-8-14(11)25-17-15(26(27)28)16(22-10-23-17)24-13-7-4-6-12(9-13)18(19,20)21/h2-10H,1H3,(H2,22,23,24,25). The van der Waals surface area contributed by atoms with Crippen molar-refractivity contribution >= 4 is 28.7 Å². The first-order valence-electron chi connectivity index (χ1n) is 8.02. The number of hydrogen-bond donors (Lipinski definition) is 2. The van der Waals surface area contributed by atoms with Crippen molar-refractivity contribution in [1.29, 1.82) is 0 Å². The number of benzene rings is 2. The molecule has 0 atom stereocenters. The topological polar surface area (TPSA) is 93.0 Å². The van der Waals surface area contributed by atoms with E-state index in [1.807, 2.05) is 19.1 Å². The number of aryl methyl sites for hydroxylation is 1. The SMILES string of the molecule is Cc1ccccc1Nc1ncnc(Nc2cccc(C(F)(F)F)c2)c1[N+](=O)[O-]. The molecule has 28 heavy (non-hydrogen) atoms. The average molecular weight is 389 g/mol. The molecule has 144 valence electrons. The van der Waals surface area contributed by atoms with Gasteiger partial charge in [-0.05, 0) is 36.8 Å². The van der Waals surface area contributed by atoms with E-state index in [-0.39, 0.29) is 17.3 Å². The van der Waals surface area contributed by atoms with Gasteiger partial charge in [-0.1, -0.05) is 24.3 Å². The Morgan fingerprint density at radius 3 is 2.32 bits per heavy atom. The third-order valence-electron chi connectivity index (χ3n) is 3.86. The van der Waals surface area contributed by atoms with Gasteiger partial charge in [0.15, 0.2) is 0 Å². The number of anilines is 4. The van der Waals surface area contributed by atoms with Crippen LogP contribution in [0.4, 0.5) is 41.9 Å². The second-order valence-corrected chi connectivity index (χ2v) is 5.82. The van der Waals surface area contributed by atoms with Gasteiger partial charge in [-0.25, -0.2) is 9.97 Å². The van der Waals surface area contributed by atoms with Crippen molar-refractivity contribution in [2.45, 2.75) is 13.1 Å².